The molecule has 0 atom stereocenters. The van der Waals surface area contributed by atoms with E-state index in [2.05, 4.69) is 10.1 Å². The predicted octanol–water partition coefficient (Wildman–Crippen LogP) is 3.65. The molecule has 4 aromatic rings. The van der Waals surface area contributed by atoms with Gasteiger partial charge < -0.3 is 9.09 Å². The highest BCUT2D eigenvalue weighted by atomic mass is 32.1. The lowest BCUT2D eigenvalue weighted by molar-refractivity contribution is -0.132. The largest absolute Gasteiger partial charge is 0.339 e. The van der Waals surface area contributed by atoms with E-state index < -0.39 is 11.8 Å². The smallest absolute Gasteiger partial charge is 0.265 e. The summed E-state index contributed by atoms with van der Waals surface area (Å²) in [5.74, 6) is 0.121. The van der Waals surface area contributed by atoms with Gasteiger partial charge in [-0.05, 0) is 43.4 Å². The molecule has 5 rings (SSSR count). The second-order valence-electron chi connectivity index (χ2n) is 8.18. The zero-order valence-corrected chi connectivity index (χ0v) is 19.7. The van der Waals surface area contributed by atoms with Crippen LogP contribution in [-0.4, -0.2) is 55.5 Å². The van der Waals surface area contributed by atoms with Crippen molar-refractivity contribution in [3.8, 4) is 11.5 Å². The van der Waals surface area contributed by atoms with Crippen LogP contribution in [0, 0.1) is 6.92 Å². The average molecular weight is 472 g/mol. The molecule has 1 fully saturated rings. The number of aromatic nitrogens is 3. The molecular formula is C25H21N5O3S. The Morgan fingerprint density at radius 1 is 1.00 bits per heavy atom. The molecule has 0 radical (unpaired) electrons. The third-order valence-corrected chi connectivity index (χ3v) is 6.39. The van der Waals surface area contributed by atoms with E-state index in [4.69, 9.17) is 16.7 Å². The van der Waals surface area contributed by atoms with Crippen molar-refractivity contribution in [3.63, 3.8) is 0 Å². The van der Waals surface area contributed by atoms with Gasteiger partial charge in [-0.25, -0.2) is 0 Å². The molecule has 0 spiro atoms. The number of benzene rings is 2. The van der Waals surface area contributed by atoms with Gasteiger partial charge in [0.05, 0.1) is 6.54 Å². The first kappa shape index (κ1) is 21.7. The van der Waals surface area contributed by atoms with E-state index in [0.29, 0.717) is 18.3 Å². The highest BCUT2D eigenvalue weighted by Crippen LogP contribution is 2.27. The number of hydrogen-bond acceptors (Lipinski definition) is 6. The molecule has 34 heavy (non-hydrogen) atoms. The van der Waals surface area contributed by atoms with Crippen LogP contribution in [0.25, 0.3) is 28.4 Å². The van der Waals surface area contributed by atoms with Crippen LogP contribution in [0.4, 0.5) is 0 Å². The van der Waals surface area contributed by atoms with Crippen LogP contribution in [0.2, 0.25) is 0 Å². The quantitative estimate of drug-likeness (QED) is 0.257. The fourth-order valence-electron chi connectivity index (χ4n) is 3.94. The third kappa shape index (κ3) is 3.69. The van der Waals surface area contributed by atoms with Crippen molar-refractivity contribution < 1.29 is 14.1 Å². The molecule has 3 heterocycles. The molecular weight excluding hydrogens is 450 g/mol. The molecule has 8 nitrogen and oxygen atoms in total. The molecule has 0 unspecified atom stereocenters. The average Bonchev–Trinajstić information content (AvgIpc) is 3.45. The van der Waals surface area contributed by atoms with E-state index in [1.165, 1.54) is 9.80 Å². The van der Waals surface area contributed by atoms with Crippen molar-refractivity contribution >= 4 is 46.1 Å². The molecule has 2 aromatic heterocycles. The van der Waals surface area contributed by atoms with Crippen molar-refractivity contribution in [3.05, 3.63) is 77.3 Å². The maximum atomic E-state index is 12.8. The van der Waals surface area contributed by atoms with Crippen LogP contribution in [0.15, 0.2) is 64.8 Å². The number of likely N-dealkylation sites (N-methyl/N-ethyl adjacent to an activating group) is 2. The van der Waals surface area contributed by atoms with Crippen LogP contribution in [0.5, 0.6) is 0 Å². The van der Waals surface area contributed by atoms with Crippen LogP contribution in [-0.2, 0) is 16.1 Å². The molecule has 170 valence electrons. The van der Waals surface area contributed by atoms with Gasteiger partial charge in [-0.2, -0.15) is 4.98 Å². The first-order valence-corrected chi connectivity index (χ1v) is 11.0. The summed E-state index contributed by atoms with van der Waals surface area (Å²) in [5, 5.41) is 5.21. The molecule has 0 saturated carbocycles. The van der Waals surface area contributed by atoms with Crippen molar-refractivity contribution in [2.75, 3.05) is 14.1 Å². The Morgan fingerprint density at radius 3 is 2.38 bits per heavy atom. The Hall–Kier alpha value is -4.11. The van der Waals surface area contributed by atoms with Gasteiger partial charge in [0.15, 0.2) is 10.9 Å². The number of amides is 2. The van der Waals surface area contributed by atoms with E-state index in [9.17, 15) is 9.59 Å². The molecule has 2 amide bonds. The predicted molar refractivity (Wildman–Crippen MR) is 132 cm³/mol. The fourth-order valence-corrected chi connectivity index (χ4v) is 4.10. The number of fused-ring (bicyclic) bond motifs is 1. The fraction of sp³-hybridized carbons (Fsp3) is 0.160. The number of carbonyl (C=O) groups is 2. The van der Waals surface area contributed by atoms with Crippen LogP contribution in [0.3, 0.4) is 0 Å². The maximum absolute atomic E-state index is 12.8. The van der Waals surface area contributed by atoms with Gasteiger partial charge in [0.25, 0.3) is 17.7 Å². The zero-order chi connectivity index (χ0) is 24.0. The van der Waals surface area contributed by atoms with Crippen LogP contribution in [0.1, 0.15) is 17.0 Å². The molecule has 1 aliphatic heterocycles. The molecule has 0 aliphatic carbocycles. The lowest BCUT2D eigenvalue weighted by Gasteiger charge is -2.31. The summed E-state index contributed by atoms with van der Waals surface area (Å²) in [6.45, 7) is 2.39. The molecule has 1 saturated heterocycles. The van der Waals surface area contributed by atoms with Gasteiger partial charge in [-0.1, -0.05) is 41.1 Å². The van der Waals surface area contributed by atoms with Crippen LogP contribution < -0.4 is 0 Å². The summed E-state index contributed by atoms with van der Waals surface area (Å²) < 4.78 is 7.44. The Balaban J connectivity index is 1.51. The topological polar surface area (TPSA) is 84.5 Å². The number of aryl methyl sites for hydroxylation is 1. The standard InChI is InChI=1S/C25H21N5O3S/c1-15-8-10-16(11-9-15)22-26-21(27-33-22)14-30-13-17(18-6-4-5-7-20(18)30)12-19-23(31)28(2)25(34)29(3)24(19)32/h4-13H,14H2,1-3H3. The normalized spacial score (nSPS) is 14.4. The Kier molecular flexibility index (Phi) is 5.33. The summed E-state index contributed by atoms with van der Waals surface area (Å²) in [5.41, 5.74) is 3.72. The maximum Gasteiger partial charge on any atom is 0.265 e. The second kappa shape index (κ2) is 8.35. The van der Waals surface area contributed by atoms with E-state index >= 15 is 0 Å². The number of hydrogen-bond donors (Lipinski definition) is 0. The summed E-state index contributed by atoms with van der Waals surface area (Å²) in [4.78, 5) is 32.7. The van der Waals surface area contributed by atoms with Crippen molar-refractivity contribution in [2.24, 2.45) is 0 Å². The highest BCUT2D eigenvalue weighted by molar-refractivity contribution is 7.80. The van der Waals surface area contributed by atoms with Crippen molar-refractivity contribution in [1.29, 1.82) is 0 Å². The first-order chi connectivity index (χ1) is 16.3. The zero-order valence-electron chi connectivity index (χ0n) is 18.8. The SMILES string of the molecule is Cc1ccc(-c2nc(Cn3cc(C=C4C(=O)N(C)C(=S)N(C)C4=O)c4ccccc43)no2)cc1. The lowest BCUT2D eigenvalue weighted by Crippen LogP contribution is -2.52. The van der Waals surface area contributed by atoms with Gasteiger partial charge >= 0.3 is 0 Å². The minimum atomic E-state index is -0.425. The van der Waals surface area contributed by atoms with E-state index in [1.807, 2.05) is 66.2 Å². The highest BCUT2D eigenvalue weighted by Gasteiger charge is 2.35. The van der Waals surface area contributed by atoms with E-state index in [-0.39, 0.29) is 10.7 Å². The van der Waals surface area contributed by atoms with Crippen LogP contribution >= 0.6 is 12.2 Å². The van der Waals surface area contributed by atoms with Gasteiger partial charge in [-0.3, -0.25) is 19.4 Å². The number of thiocarbonyl (C=S) groups is 1. The van der Waals surface area contributed by atoms with Crippen molar-refractivity contribution in [1.82, 2.24) is 24.5 Å². The Morgan fingerprint density at radius 2 is 1.68 bits per heavy atom. The Bertz CT molecular complexity index is 1460. The minimum absolute atomic E-state index is 0.0581. The molecule has 0 N–H and O–H groups in total. The van der Waals surface area contributed by atoms with Crippen molar-refractivity contribution in [2.45, 2.75) is 13.5 Å². The third-order valence-electron chi connectivity index (χ3n) is 5.84. The van der Waals surface area contributed by atoms with E-state index in [0.717, 1.165) is 27.6 Å². The lowest BCUT2D eigenvalue weighted by atomic mass is 10.1. The number of rotatable bonds is 4. The summed E-state index contributed by atoms with van der Waals surface area (Å²) in [6, 6.07) is 15.6. The summed E-state index contributed by atoms with van der Waals surface area (Å²) >= 11 is 5.18. The first-order valence-electron chi connectivity index (χ1n) is 10.6. The minimum Gasteiger partial charge on any atom is -0.339 e. The number of carbonyl (C=O) groups excluding carboxylic acids is 2. The second-order valence-corrected chi connectivity index (χ2v) is 8.55. The van der Waals surface area contributed by atoms with Gasteiger partial charge in [0.1, 0.15) is 5.57 Å². The Labute approximate surface area is 201 Å². The summed E-state index contributed by atoms with van der Waals surface area (Å²) in [7, 11) is 3.12. The molecule has 1 aliphatic rings. The number of nitrogens with zero attached hydrogens (tertiary/aromatic N) is 5. The van der Waals surface area contributed by atoms with Gasteiger partial charge in [0, 0.05) is 42.3 Å². The van der Waals surface area contributed by atoms with E-state index in [1.54, 1.807) is 20.2 Å². The molecule has 0 bridgehead atoms. The van der Waals surface area contributed by atoms with Gasteiger partial charge in [-0.15, -0.1) is 0 Å². The monoisotopic (exact) mass is 471 g/mol. The number of para-hydroxylation sites is 1. The van der Waals surface area contributed by atoms with Gasteiger partial charge in [0.2, 0.25) is 0 Å². The molecule has 9 heteroatoms. The molecule has 2 aromatic carbocycles. The summed E-state index contributed by atoms with van der Waals surface area (Å²) in [6.07, 6.45) is 3.50.